The number of nitrogens with zero attached hydrogens (tertiary/aromatic N) is 4. The lowest BCUT2D eigenvalue weighted by Crippen LogP contribution is -2.44. The number of aromatic nitrogens is 2. The molecule has 1 aliphatic heterocycles. The molecule has 0 radical (unpaired) electrons. The van der Waals surface area contributed by atoms with Gasteiger partial charge in [0.25, 0.3) is 11.8 Å². The molecule has 0 unspecified atom stereocenters. The maximum atomic E-state index is 5.66. The van der Waals surface area contributed by atoms with Crippen molar-refractivity contribution in [3.63, 3.8) is 0 Å². The molecule has 0 amide bonds. The van der Waals surface area contributed by atoms with Gasteiger partial charge in [-0.15, -0.1) is 0 Å². The van der Waals surface area contributed by atoms with Crippen molar-refractivity contribution in [3.05, 3.63) is 29.8 Å². The molecule has 2 N–H and O–H groups in total. The van der Waals surface area contributed by atoms with Gasteiger partial charge in [0, 0.05) is 31.7 Å². The van der Waals surface area contributed by atoms with Crippen LogP contribution < -0.4 is 10.6 Å². The number of rotatable bonds is 4. The Morgan fingerprint density at radius 3 is 2.71 bits per heavy atom. The molecule has 0 bridgehead atoms. The molecule has 0 spiro atoms. The summed E-state index contributed by atoms with van der Waals surface area (Å²) in [5, 5.41) is 4.13. The molecule has 112 valence electrons. The van der Waals surface area contributed by atoms with E-state index in [0.29, 0.717) is 18.4 Å². The smallest absolute Gasteiger partial charge is 0.266 e. The minimum Gasteiger partial charge on any atom is -0.336 e. The number of hydrogen-bond donors (Lipinski definition) is 1. The highest BCUT2D eigenvalue weighted by Gasteiger charge is 2.20. The zero-order valence-electron chi connectivity index (χ0n) is 12.3. The van der Waals surface area contributed by atoms with Gasteiger partial charge in [-0.1, -0.05) is 18.2 Å². The second-order valence-corrected chi connectivity index (χ2v) is 5.39. The molecule has 6 nitrogen and oxygen atoms in total. The van der Waals surface area contributed by atoms with E-state index in [2.05, 4.69) is 33.1 Å². The van der Waals surface area contributed by atoms with Gasteiger partial charge in [0.2, 0.25) is 0 Å². The highest BCUT2D eigenvalue weighted by molar-refractivity contribution is 5.59. The van der Waals surface area contributed by atoms with Gasteiger partial charge < -0.3 is 20.1 Å². The normalized spacial score (nSPS) is 16.4. The number of benzene rings is 1. The van der Waals surface area contributed by atoms with Crippen LogP contribution in [-0.2, 0) is 6.42 Å². The predicted molar refractivity (Wildman–Crippen MR) is 82.2 cm³/mol. The summed E-state index contributed by atoms with van der Waals surface area (Å²) < 4.78 is 5.46. The number of anilines is 1. The first-order chi connectivity index (χ1) is 10.3. The van der Waals surface area contributed by atoms with E-state index < -0.39 is 0 Å². The molecule has 1 fully saturated rings. The van der Waals surface area contributed by atoms with Crippen LogP contribution in [0.4, 0.5) is 5.95 Å². The Balaban J connectivity index is 1.82. The van der Waals surface area contributed by atoms with Gasteiger partial charge in [0.1, 0.15) is 0 Å². The summed E-state index contributed by atoms with van der Waals surface area (Å²) in [6.45, 7) is 4.51. The van der Waals surface area contributed by atoms with Crippen LogP contribution in [0.25, 0.3) is 11.5 Å². The third-order valence-corrected chi connectivity index (χ3v) is 3.86. The summed E-state index contributed by atoms with van der Waals surface area (Å²) in [5.41, 5.74) is 7.79. The Bertz CT molecular complexity index is 589. The van der Waals surface area contributed by atoms with Crippen molar-refractivity contribution < 1.29 is 4.52 Å². The Labute approximate surface area is 124 Å². The van der Waals surface area contributed by atoms with Crippen molar-refractivity contribution in [2.24, 2.45) is 5.73 Å². The second-order valence-electron chi connectivity index (χ2n) is 5.39. The summed E-state index contributed by atoms with van der Waals surface area (Å²) in [7, 11) is 2.13. The zero-order valence-corrected chi connectivity index (χ0v) is 12.3. The molecule has 0 aliphatic carbocycles. The van der Waals surface area contributed by atoms with Gasteiger partial charge in [0.15, 0.2) is 0 Å². The van der Waals surface area contributed by atoms with Crippen molar-refractivity contribution >= 4 is 5.95 Å². The lowest BCUT2D eigenvalue weighted by molar-refractivity contribution is 0.309. The molecule has 6 heteroatoms. The molecule has 1 aromatic carbocycles. The molecule has 0 atom stereocenters. The lowest BCUT2D eigenvalue weighted by atomic mass is 10.0. The summed E-state index contributed by atoms with van der Waals surface area (Å²) in [5.74, 6) is 1.26. The number of nitrogens with two attached hydrogens (primary N) is 1. The van der Waals surface area contributed by atoms with Crippen molar-refractivity contribution in [1.82, 2.24) is 15.0 Å². The minimum absolute atomic E-state index is 0.577. The van der Waals surface area contributed by atoms with E-state index in [4.69, 9.17) is 10.3 Å². The van der Waals surface area contributed by atoms with Crippen molar-refractivity contribution in [1.29, 1.82) is 0 Å². The molecule has 0 saturated carbocycles. The van der Waals surface area contributed by atoms with Gasteiger partial charge in [0.05, 0.1) is 0 Å². The molecule has 3 rings (SSSR count). The Hall–Kier alpha value is -1.92. The van der Waals surface area contributed by atoms with Crippen molar-refractivity contribution in [3.8, 4) is 11.5 Å². The Morgan fingerprint density at radius 2 is 1.95 bits per heavy atom. The predicted octanol–water partition coefficient (Wildman–Crippen LogP) is 0.990. The highest BCUT2D eigenvalue weighted by Crippen LogP contribution is 2.24. The number of hydrogen-bond acceptors (Lipinski definition) is 6. The number of piperazine rings is 1. The fourth-order valence-corrected chi connectivity index (χ4v) is 2.56. The molecular weight excluding hydrogens is 266 g/mol. The van der Waals surface area contributed by atoms with E-state index in [1.54, 1.807) is 0 Å². The topological polar surface area (TPSA) is 71.4 Å². The van der Waals surface area contributed by atoms with Crippen LogP contribution >= 0.6 is 0 Å². The van der Waals surface area contributed by atoms with E-state index in [1.165, 1.54) is 0 Å². The van der Waals surface area contributed by atoms with Crippen LogP contribution in [0, 0.1) is 0 Å². The quantitative estimate of drug-likeness (QED) is 0.904. The third kappa shape index (κ3) is 3.06. The summed E-state index contributed by atoms with van der Waals surface area (Å²) >= 11 is 0. The van der Waals surface area contributed by atoms with Gasteiger partial charge >= 0.3 is 0 Å². The molecule has 1 aromatic heterocycles. The van der Waals surface area contributed by atoms with Crippen LogP contribution in [-0.4, -0.2) is 54.8 Å². The second kappa shape index (κ2) is 6.24. The monoisotopic (exact) mass is 287 g/mol. The third-order valence-electron chi connectivity index (χ3n) is 3.86. The average Bonchev–Trinajstić information content (AvgIpc) is 2.99. The minimum atomic E-state index is 0.577. The van der Waals surface area contributed by atoms with Crippen LogP contribution in [0.1, 0.15) is 5.56 Å². The number of likely N-dealkylation sites (N-methyl/N-ethyl adjacent to an activating group) is 1. The Morgan fingerprint density at radius 1 is 1.19 bits per heavy atom. The van der Waals surface area contributed by atoms with E-state index in [1.807, 2.05) is 18.2 Å². The lowest BCUT2D eigenvalue weighted by Gasteiger charge is -2.31. The van der Waals surface area contributed by atoms with Crippen LogP contribution in [0.2, 0.25) is 0 Å². The highest BCUT2D eigenvalue weighted by atomic mass is 16.5. The van der Waals surface area contributed by atoms with Gasteiger partial charge in [-0.3, -0.25) is 0 Å². The molecule has 2 heterocycles. The molecule has 1 saturated heterocycles. The zero-order chi connectivity index (χ0) is 14.7. The first-order valence-corrected chi connectivity index (χ1v) is 7.33. The first-order valence-electron chi connectivity index (χ1n) is 7.33. The van der Waals surface area contributed by atoms with Gasteiger partial charge in [-0.2, -0.15) is 4.98 Å². The van der Waals surface area contributed by atoms with E-state index in [0.717, 1.165) is 43.7 Å². The molecule has 21 heavy (non-hydrogen) atoms. The van der Waals surface area contributed by atoms with Gasteiger partial charge in [-0.25, -0.2) is 0 Å². The summed E-state index contributed by atoms with van der Waals surface area (Å²) in [6.07, 6.45) is 0.808. The SMILES string of the molecule is CN1CCN(c2noc(-c3ccccc3CCN)n2)CC1. The fraction of sp³-hybridized carbons (Fsp3) is 0.467. The largest absolute Gasteiger partial charge is 0.336 e. The van der Waals surface area contributed by atoms with Crippen LogP contribution in [0.5, 0.6) is 0 Å². The van der Waals surface area contributed by atoms with Gasteiger partial charge in [-0.05, 0) is 36.8 Å². The van der Waals surface area contributed by atoms with E-state index in [9.17, 15) is 0 Å². The maximum absolute atomic E-state index is 5.66. The summed E-state index contributed by atoms with van der Waals surface area (Å²) in [4.78, 5) is 9.03. The molecule has 2 aromatic rings. The molecular formula is C15H21N5O. The average molecular weight is 287 g/mol. The first kappa shape index (κ1) is 14.0. The standard InChI is InChI=1S/C15H21N5O/c1-19-8-10-20(11-9-19)15-17-14(21-18-15)13-5-3-2-4-12(13)6-7-16/h2-5H,6-11,16H2,1H3. The fourth-order valence-electron chi connectivity index (χ4n) is 2.56. The van der Waals surface area contributed by atoms with Crippen LogP contribution in [0.15, 0.2) is 28.8 Å². The summed E-state index contributed by atoms with van der Waals surface area (Å²) in [6, 6.07) is 8.05. The van der Waals surface area contributed by atoms with E-state index >= 15 is 0 Å². The Kier molecular flexibility index (Phi) is 4.17. The van der Waals surface area contributed by atoms with Crippen LogP contribution in [0.3, 0.4) is 0 Å². The van der Waals surface area contributed by atoms with Crippen molar-refractivity contribution in [2.45, 2.75) is 6.42 Å². The van der Waals surface area contributed by atoms with E-state index in [-0.39, 0.29) is 0 Å². The molecule has 1 aliphatic rings. The van der Waals surface area contributed by atoms with Crippen molar-refractivity contribution in [2.75, 3.05) is 44.7 Å². The maximum Gasteiger partial charge on any atom is 0.266 e.